The van der Waals surface area contributed by atoms with Crippen molar-refractivity contribution in [3.05, 3.63) is 95.3 Å². The van der Waals surface area contributed by atoms with Crippen LogP contribution in [0.2, 0.25) is 0 Å². The van der Waals surface area contributed by atoms with Gasteiger partial charge in [0, 0.05) is 23.6 Å². The van der Waals surface area contributed by atoms with Gasteiger partial charge in [-0.25, -0.2) is 8.78 Å². The van der Waals surface area contributed by atoms with Crippen molar-refractivity contribution in [1.29, 1.82) is 5.41 Å². The fourth-order valence-corrected chi connectivity index (χ4v) is 2.45. The van der Waals surface area contributed by atoms with Crippen LogP contribution in [-0.2, 0) is 0 Å². The number of nitrogens with one attached hydrogen (secondary N) is 2. The Morgan fingerprint density at radius 1 is 1.14 bits per heavy atom. The highest BCUT2D eigenvalue weighted by Gasteiger charge is 2.14. The first kappa shape index (κ1) is 18.9. The minimum atomic E-state index is -0.714. The Balaban J connectivity index is 1.83. The lowest BCUT2D eigenvalue weighted by molar-refractivity contribution is 0.102. The fraction of sp³-hybridized carbons (Fsp3) is 0. The van der Waals surface area contributed by atoms with Gasteiger partial charge in [0.15, 0.2) is 0 Å². The molecule has 3 rings (SSSR count). The number of carbonyl (C=O) groups is 1. The molecular weight excluding hydrogens is 362 g/mol. The standard InChI is InChI=1S/C21H16F2N4O/c22-15-6-3-13(4-7-15)5-8-18(24)16-10-20(17(23)11-19(16)25)27-21(28)14-2-1-9-26-12-14/h1-12,24H,25H2,(H,27,28)/b8-5+,24-18?. The number of carbonyl (C=O) groups excluding carboxylic acids is 1. The molecule has 0 fully saturated rings. The molecule has 0 spiro atoms. The predicted octanol–water partition coefficient (Wildman–Crippen LogP) is 4.28. The number of hydrogen-bond donors (Lipinski definition) is 3. The lowest BCUT2D eigenvalue weighted by atomic mass is 10.0. The molecule has 28 heavy (non-hydrogen) atoms. The number of allylic oxidation sites excluding steroid dienone is 1. The molecule has 0 unspecified atom stereocenters. The number of halogens is 2. The van der Waals surface area contributed by atoms with Gasteiger partial charge in [0.25, 0.3) is 5.91 Å². The zero-order valence-corrected chi connectivity index (χ0v) is 14.6. The number of amides is 1. The van der Waals surface area contributed by atoms with Crippen LogP contribution < -0.4 is 11.1 Å². The van der Waals surface area contributed by atoms with Crippen molar-refractivity contribution in [1.82, 2.24) is 4.98 Å². The number of pyridine rings is 1. The highest BCUT2D eigenvalue weighted by atomic mass is 19.1. The number of aromatic nitrogens is 1. The number of anilines is 2. The van der Waals surface area contributed by atoms with E-state index >= 15 is 0 Å². The van der Waals surface area contributed by atoms with E-state index in [1.807, 2.05) is 0 Å². The van der Waals surface area contributed by atoms with Gasteiger partial charge >= 0.3 is 0 Å². The second kappa shape index (κ2) is 8.22. The molecule has 0 bridgehead atoms. The number of nitrogens with zero attached hydrogens (tertiary/aromatic N) is 1. The summed E-state index contributed by atoms with van der Waals surface area (Å²) < 4.78 is 27.2. The zero-order chi connectivity index (χ0) is 20.1. The summed E-state index contributed by atoms with van der Waals surface area (Å²) in [7, 11) is 0. The molecule has 0 aliphatic carbocycles. The number of nitrogen functional groups attached to an aromatic ring is 1. The summed E-state index contributed by atoms with van der Waals surface area (Å²) in [6, 6.07) is 11.2. The minimum Gasteiger partial charge on any atom is -0.398 e. The molecular formula is C21H16F2N4O. The van der Waals surface area contributed by atoms with Crippen LogP contribution in [0.5, 0.6) is 0 Å². The van der Waals surface area contributed by atoms with E-state index < -0.39 is 11.7 Å². The van der Waals surface area contributed by atoms with Gasteiger partial charge in [0.1, 0.15) is 11.6 Å². The van der Waals surface area contributed by atoms with E-state index in [0.717, 1.165) is 6.07 Å². The molecule has 4 N–H and O–H groups in total. The Morgan fingerprint density at radius 2 is 1.89 bits per heavy atom. The van der Waals surface area contributed by atoms with Crippen molar-refractivity contribution >= 4 is 29.1 Å². The molecule has 0 aliphatic rings. The second-order valence-electron chi connectivity index (χ2n) is 5.91. The van der Waals surface area contributed by atoms with Crippen molar-refractivity contribution in [2.45, 2.75) is 0 Å². The highest BCUT2D eigenvalue weighted by molar-refractivity contribution is 6.13. The largest absolute Gasteiger partial charge is 0.398 e. The molecule has 1 heterocycles. The quantitative estimate of drug-likeness (QED) is 0.457. The van der Waals surface area contributed by atoms with E-state index in [9.17, 15) is 13.6 Å². The summed E-state index contributed by atoms with van der Waals surface area (Å²) in [5, 5.41) is 10.6. The first-order valence-corrected chi connectivity index (χ1v) is 8.27. The maximum absolute atomic E-state index is 14.2. The normalized spacial score (nSPS) is 10.8. The van der Waals surface area contributed by atoms with Crippen LogP contribution in [0.4, 0.5) is 20.2 Å². The minimum absolute atomic E-state index is 0.0127. The van der Waals surface area contributed by atoms with Crippen LogP contribution in [0.1, 0.15) is 21.5 Å². The van der Waals surface area contributed by atoms with Crippen LogP contribution in [-0.4, -0.2) is 16.6 Å². The lowest BCUT2D eigenvalue weighted by Gasteiger charge is -2.11. The van der Waals surface area contributed by atoms with Gasteiger partial charge in [0.05, 0.1) is 17.0 Å². The van der Waals surface area contributed by atoms with Gasteiger partial charge in [-0.3, -0.25) is 9.78 Å². The molecule has 0 saturated heterocycles. The molecule has 5 nitrogen and oxygen atoms in total. The Hall–Kier alpha value is -3.87. The maximum atomic E-state index is 14.2. The summed E-state index contributed by atoms with van der Waals surface area (Å²) in [6.07, 6.45) is 5.95. The average Bonchev–Trinajstić information content (AvgIpc) is 2.70. The van der Waals surface area contributed by atoms with Gasteiger partial charge in [-0.1, -0.05) is 18.2 Å². The number of nitrogens with two attached hydrogens (primary N) is 1. The first-order chi connectivity index (χ1) is 13.4. The predicted molar refractivity (Wildman–Crippen MR) is 105 cm³/mol. The molecule has 0 saturated carbocycles. The third-order valence-corrected chi connectivity index (χ3v) is 3.91. The topological polar surface area (TPSA) is 91.9 Å². The van der Waals surface area contributed by atoms with E-state index in [-0.39, 0.29) is 34.0 Å². The molecule has 0 atom stereocenters. The van der Waals surface area contributed by atoms with Crippen molar-refractivity contribution in [3.8, 4) is 0 Å². The van der Waals surface area contributed by atoms with Crippen LogP contribution in [0.25, 0.3) is 6.08 Å². The molecule has 1 amide bonds. The summed E-state index contributed by atoms with van der Waals surface area (Å²) >= 11 is 0. The molecule has 3 aromatic rings. The summed E-state index contributed by atoms with van der Waals surface area (Å²) in [5.74, 6) is -1.60. The Bertz CT molecular complexity index is 1050. The fourth-order valence-electron chi connectivity index (χ4n) is 2.45. The van der Waals surface area contributed by atoms with Gasteiger partial charge in [-0.15, -0.1) is 0 Å². The third-order valence-electron chi connectivity index (χ3n) is 3.91. The Labute approximate surface area is 160 Å². The van der Waals surface area contributed by atoms with Crippen molar-refractivity contribution in [2.75, 3.05) is 11.1 Å². The zero-order valence-electron chi connectivity index (χ0n) is 14.6. The van der Waals surface area contributed by atoms with E-state index in [1.165, 1.54) is 36.7 Å². The highest BCUT2D eigenvalue weighted by Crippen LogP contribution is 2.24. The molecule has 7 heteroatoms. The van der Waals surface area contributed by atoms with Crippen molar-refractivity contribution in [3.63, 3.8) is 0 Å². The monoisotopic (exact) mass is 378 g/mol. The van der Waals surface area contributed by atoms with E-state index in [0.29, 0.717) is 5.56 Å². The van der Waals surface area contributed by atoms with Crippen molar-refractivity contribution in [2.24, 2.45) is 0 Å². The summed E-state index contributed by atoms with van der Waals surface area (Å²) in [4.78, 5) is 16.1. The van der Waals surface area contributed by atoms with Gasteiger partial charge in [0.2, 0.25) is 0 Å². The molecule has 0 aliphatic heterocycles. The van der Waals surface area contributed by atoms with Crippen LogP contribution in [0.15, 0.2) is 67.0 Å². The van der Waals surface area contributed by atoms with Crippen LogP contribution in [0, 0.1) is 17.0 Å². The SMILES string of the molecule is N=C(/C=C/c1ccc(F)cc1)c1cc(NC(=O)c2cccnc2)c(F)cc1N. The smallest absolute Gasteiger partial charge is 0.257 e. The average molecular weight is 378 g/mol. The number of benzene rings is 2. The number of hydrogen-bond acceptors (Lipinski definition) is 4. The third kappa shape index (κ3) is 4.45. The Kier molecular flexibility index (Phi) is 5.55. The van der Waals surface area contributed by atoms with E-state index in [4.69, 9.17) is 11.1 Å². The van der Waals surface area contributed by atoms with E-state index in [1.54, 1.807) is 30.3 Å². The summed E-state index contributed by atoms with van der Waals surface area (Å²) in [5.41, 5.74) is 7.02. The van der Waals surface area contributed by atoms with Crippen molar-refractivity contribution < 1.29 is 13.6 Å². The van der Waals surface area contributed by atoms with Crippen LogP contribution in [0.3, 0.4) is 0 Å². The molecule has 0 radical (unpaired) electrons. The Morgan fingerprint density at radius 3 is 2.57 bits per heavy atom. The van der Waals surface area contributed by atoms with Gasteiger partial charge in [-0.2, -0.15) is 0 Å². The first-order valence-electron chi connectivity index (χ1n) is 8.27. The molecule has 140 valence electrons. The maximum Gasteiger partial charge on any atom is 0.257 e. The number of rotatable bonds is 5. The molecule has 1 aromatic heterocycles. The molecule has 2 aromatic carbocycles. The summed E-state index contributed by atoms with van der Waals surface area (Å²) in [6.45, 7) is 0. The lowest BCUT2D eigenvalue weighted by Crippen LogP contribution is -2.14. The van der Waals surface area contributed by atoms with E-state index in [2.05, 4.69) is 10.3 Å². The van der Waals surface area contributed by atoms with Gasteiger partial charge < -0.3 is 16.5 Å². The van der Waals surface area contributed by atoms with Gasteiger partial charge in [-0.05, 0) is 48.0 Å². The van der Waals surface area contributed by atoms with Crippen LogP contribution >= 0.6 is 0 Å². The second-order valence-corrected chi connectivity index (χ2v) is 5.91.